The molecule has 0 bridgehead atoms. The van der Waals surface area contributed by atoms with E-state index in [1.807, 2.05) is 30.3 Å². The molecule has 1 aliphatic rings. The van der Waals surface area contributed by atoms with Crippen LogP contribution in [0.2, 0.25) is 0 Å². The van der Waals surface area contributed by atoms with E-state index in [0.29, 0.717) is 30.7 Å². The fraction of sp³-hybridized carbons (Fsp3) is 0.227. The highest BCUT2D eigenvalue weighted by Gasteiger charge is 2.27. The van der Waals surface area contributed by atoms with Gasteiger partial charge in [0.1, 0.15) is 5.76 Å². The van der Waals surface area contributed by atoms with Crippen molar-refractivity contribution in [1.29, 1.82) is 0 Å². The summed E-state index contributed by atoms with van der Waals surface area (Å²) in [6.07, 6.45) is 2.16. The number of benzene rings is 2. The number of Topliss-reactive ketones (excluding diaryl/α,β-unsaturated/α-hetero) is 1. The number of ketones is 1. The summed E-state index contributed by atoms with van der Waals surface area (Å²) < 4.78 is 4.94. The van der Waals surface area contributed by atoms with Crippen LogP contribution in [0.5, 0.6) is 0 Å². The number of aliphatic imine (C=N–C) groups is 1. The number of carbonyl (C=O) groups is 2. The van der Waals surface area contributed by atoms with E-state index >= 15 is 0 Å². The zero-order valence-electron chi connectivity index (χ0n) is 15.1. The van der Waals surface area contributed by atoms with Gasteiger partial charge < -0.3 is 9.84 Å². The molecule has 0 amide bonds. The zero-order valence-corrected chi connectivity index (χ0v) is 15.1. The quantitative estimate of drug-likeness (QED) is 0.626. The van der Waals surface area contributed by atoms with E-state index in [1.165, 1.54) is 6.21 Å². The maximum atomic E-state index is 12.5. The Morgan fingerprint density at radius 1 is 1.15 bits per heavy atom. The lowest BCUT2D eigenvalue weighted by Crippen LogP contribution is -2.19. The highest BCUT2D eigenvalue weighted by Crippen LogP contribution is 2.33. The van der Waals surface area contributed by atoms with Crippen LogP contribution >= 0.6 is 0 Å². The Morgan fingerprint density at radius 2 is 1.85 bits per heavy atom. The van der Waals surface area contributed by atoms with Crippen LogP contribution in [0.15, 0.2) is 70.9 Å². The Kier molecular flexibility index (Phi) is 5.81. The summed E-state index contributed by atoms with van der Waals surface area (Å²) in [7, 11) is 0. The molecule has 2 aromatic rings. The molecular formula is C22H21NO4. The van der Waals surface area contributed by atoms with E-state index in [0.717, 1.165) is 5.56 Å². The first-order valence-corrected chi connectivity index (χ1v) is 8.90. The van der Waals surface area contributed by atoms with Gasteiger partial charge in [0.2, 0.25) is 0 Å². The maximum absolute atomic E-state index is 12.5. The lowest BCUT2D eigenvalue weighted by molar-refractivity contribution is -0.116. The van der Waals surface area contributed by atoms with Gasteiger partial charge in [0.25, 0.3) is 0 Å². The Balaban J connectivity index is 1.73. The van der Waals surface area contributed by atoms with Crippen molar-refractivity contribution in [3.05, 3.63) is 77.1 Å². The third-order valence-electron chi connectivity index (χ3n) is 4.47. The average molecular weight is 363 g/mol. The minimum Gasteiger partial charge on any atom is -0.511 e. The summed E-state index contributed by atoms with van der Waals surface area (Å²) in [5, 5.41) is 10.3. The molecule has 27 heavy (non-hydrogen) atoms. The smallest absolute Gasteiger partial charge is 0.338 e. The van der Waals surface area contributed by atoms with Crippen LogP contribution in [-0.4, -0.2) is 29.7 Å². The number of hydrogen-bond acceptors (Lipinski definition) is 5. The number of hydrogen-bond donors (Lipinski definition) is 1. The Hall–Kier alpha value is -3.21. The van der Waals surface area contributed by atoms with Crippen LogP contribution < -0.4 is 0 Å². The number of esters is 1. The lowest BCUT2D eigenvalue weighted by atomic mass is 9.83. The molecule has 0 spiro atoms. The fourth-order valence-electron chi connectivity index (χ4n) is 3.05. The molecule has 1 aliphatic carbocycles. The van der Waals surface area contributed by atoms with Gasteiger partial charge in [-0.3, -0.25) is 9.79 Å². The van der Waals surface area contributed by atoms with Crippen molar-refractivity contribution in [3.8, 4) is 0 Å². The molecule has 0 radical (unpaired) electrons. The number of aliphatic hydroxyl groups is 1. The summed E-state index contributed by atoms with van der Waals surface area (Å²) >= 11 is 0. The summed E-state index contributed by atoms with van der Waals surface area (Å²) in [5.74, 6) is -0.464. The molecule has 3 rings (SSSR count). The van der Waals surface area contributed by atoms with Gasteiger partial charge in [0.15, 0.2) is 5.78 Å². The van der Waals surface area contributed by atoms with Crippen LogP contribution in [0.4, 0.5) is 5.69 Å². The largest absolute Gasteiger partial charge is 0.511 e. The molecule has 0 heterocycles. The zero-order chi connectivity index (χ0) is 19.2. The predicted octanol–water partition coefficient (Wildman–Crippen LogP) is 4.52. The van der Waals surface area contributed by atoms with Crippen molar-refractivity contribution in [2.24, 2.45) is 4.99 Å². The van der Waals surface area contributed by atoms with Crippen LogP contribution in [-0.2, 0) is 9.53 Å². The van der Waals surface area contributed by atoms with Crippen LogP contribution in [0, 0.1) is 0 Å². The molecule has 5 heteroatoms. The minimum absolute atomic E-state index is 0.0142. The SMILES string of the molecule is CCOC(=O)c1ccc(N=CC2=C(O)CC(c3ccccc3)CC2=O)cc1. The highest BCUT2D eigenvalue weighted by atomic mass is 16.5. The molecule has 0 aromatic heterocycles. The van der Waals surface area contributed by atoms with E-state index in [-0.39, 0.29) is 29.0 Å². The van der Waals surface area contributed by atoms with Crippen molar-refractivity contribution in [2.45, 2.75) is 25.7 Å². The first kappa shape index (κ1) is 18.6. The second-order valence-corrected chi connectivity index (χ2v) is 6.32. The third-order valence-corrected chi connectivity index (χ3v) is 4.47. The van der Waals surface area contributed by atoms with Crippen LogP contribution in [0.3, 0.4) is 0 Å². The third kappa shape index (κ3) is 4.50. The number of allylic oxidation sites excluding steroid dienone is 2. The molecule has 0 saturated heterocycles. The lowest BCUT2D eigenvalue weighted by Gasteiger charge is -2.22. The number of nitrogens with zero attached hydrogens (tertiary/aromatic N) is 1. The second-order valence-electron chi connectivity index (χ2n) is 6.32. The van der Waals surface area contributed by atoms with Gasteiger partial charge in [-0.1, -0.05) is 30.3 Å². The molecular weight excluding hydrogens is 342 g/mol. The van der Waals surface area contributed by atoms with Gasteiger partial charge in [0, 0.05) is 19.1 Å². The van der Waals surface area contributed by atoms with Gasteiger partial charge in [-0.25, -0.2) is 4.79 Å². The summed E-state index contributed by atoms with van der Waals surface area (Å²) in [4.78, 5) is 28.4. The van der Waals surface area contributed by atoms with E-state index in [1.54, 1.807) is 31.2 Å². The van der Waals surface area contributed by atoms with E-state index in [2.05, 4.69) is 4.99 Å². The Bertz CT molecular complexity index is 882. The highest BCUT2D eigenvalue weighted by molar-refractivity contribution is 6.15. The van der Waals surface area contributed by atoms with Gasteiger partial charge >= 0.3 is 5.97 Å². The molecule has 0 aliphatic heterocycles. The van der Waals surface area contributed by atoms with Gasteiger partial charge in [-0.2, -0.15) is 0 Å². The minimum atomic E-state index is -0.386. The number of rotatable bonds is 5. The van der Waals surface area contributed by atoms with Gasteiger partial charge in [0.05, 0.1) is 23.4 Å². The first-order valence-electron chi connectivity index (χ1n) is 8.90. The summed E-state index contributed by atoms with van der Waals surface area (Å²) in [6.45, 7) is 2.07. The number of aliphatic hydroxyl groups excluding tert-OH is 1. The number of ether oxygens (including phenoxy) is 1. The van der Waals surface area contributed by atoms with Crippen LogP contribution in [0.25, 0.3) is 0 Å². The molecule has 2 aromatic carbocycles. The van der Waals surface area contributed by atoms with Crippen LogP contribution in [0.1, 0.15) is 41.6 Å². The molecule has 138 valence electrons. The molecule has 1 unspecified atom stereocenters. The Morgan fingerprint density at radius 3 is 2.48 bits per heavy atom. The Labute approximate surface area is 158 Å². The molecule has 5 nitrogen and oxygen atoms in total. The predicted molar refractivity (Wildman–Crippen MR) is 104 cm³/mol. The van der Waals surface area contributed by atoms with E-state index in [4.69, 9.17) is 4.74 Å². The standard InChI is InChI=1S/C22H21NO4/c1-2-27-22(26)16-8-10-18(11-9-16)23-14-19-20(24)12-17(13-21(19)25)15-6-4-3-5-7-15/h3-11,14,17,24H,2,12-13H2,1H3. The van der Waals surface area contributed by atoms with Crippen molar-refractivity contribution < 1.29 is 19.4 Å². The summed E-state index contributed by atoms with van der Waals surface area (Å²) in [5.41, 5.74) is 2.32. The van der Waals surface area contributed by atoms with E-state index < -0.39 is 0 Å². The second kappa shape index (κ2) is 8.45. The van der Waals surface area contributed by atoms with Crippen molar-refractivity contribution in [3.63, 3.8) is 0 Å². The van der Waals surface area contributed by atoms with Crippen molar-refractivity contribution in [2.75, 3.05) is 6.61 Å². The molecule has 1 N–H and O–H groups in total. The molecule has 0 fully saturated rings. The van der Waals surface area contributed by atoms with Crippen molar-refractivity contribution >= 4 is 23.7 Å². The first-order chi connectivity index (χ1) is 13.1. The van der Waals surface area contributed by atoms with Gasteiger partial charge in [-0.05, 0) is 42.7 Å². The molecule has 1 atom stereocenters. The van der Waals surface area contributed by atoms with E-state index in [9.17, 15) is 14.7 Å². The summed E-state index contributed by atoms with van der Waals surface area (Å²) in [6, 6.07) is 16.3. The maximum Gasteiger partial charge on any atom is 0.338 e. The topological polar surface area (TPSA) is 76.0 Å². The van der Waals surface area contributed by atoms with Crippen molar-refractivity contribution in [1.82, 2.24) is 0 Å². The number of carbonyl (C=O) groups excluding carboxylic acids is 2. The average Bonchev–Trinajstić information content (AvgIpc) is 2.68. The van der Waals surface area contributed by atoms with Gasteiger partial charge in [-0.15, -0.1) is 0 Å². The fourth-order valence-corrected chi connectivity index (χ4v) is 3.05. The normalized spacial score (nSPS) is 17.4. The monoisotopic (exact) mass is 363 g/mol. The molecule has 0 saturated carbocycles.